The molecule has 33 heavy (non-hydrogen) atoms. The van der Waals surface area contributed by atoms with E-state index >= 15 is 0 Å². The van der Waals surface area contributed by atoms with Crippen LogP contribution in [0.15, 0.2) is 65.4 Å². The number of aromatic nitrogens is 3. The number of carbonyl (C=O) groups is 2. The molecule has 3 heterocycles. The molecule has 1 aliphatic rings. The maximum absolute atomic E-state index is 13.2. The Balaban J connectivity index is 1.28. The third-order valence-electron chi connectivity index (χ3n) is 5.60. The topological polar surface area (TPSA) is 133 Å². The van der Waals surface area contributed by atoms with Crippen molar-refractivity contribution in [2.24, 2.45) is 0 Å². The highest BCUT2D eigenvalue weighted by Gasteiger charge is 2.35. The predicted octanol–water partition coefficient (Wildman–Crippen LogP) is 2.74. The molecule has 2 amide bonds. The summed E-state index contributed by atoms with van der Waals surface area (Å²) >= 11 is 0. The minimum absolute atomic E-state index is 0.0122. The quantitative estimate of drug-likeness (QED) is 0.400. The number of fused-ring (bicyclic) bond motifs is 1. The van der Waals surface area contributed by atoms with Gasteiger partial charge in [-0.05, 0) is 36.4 Å². The Morgan fingerprint density at radius 1 is 1.09 bits per heavy atom. The molecule has 5 rings (SSSR count). The Kier molecular flexibility index (Phi) is 5.31. The zero-order valence-corrected chi connectivity index (χ0v) is 17.4. The summed E-state index contributed by atoms with van der Waals surface area (Å²) in [7, 11) is 0. The highest BCUT2D eigenvalue weighted by atomic mass is 16.5. The number of likely N-dealkylation sites (tertiary alicyclic amines) is 1. The Hall–Kier alpha value is -4.47. The van der Waals surface area contributed by atoms with Gasteiger partial charge in [0.25, 0.3) is 11.8 Å². The number of rotatable bonds is 5. The lowest BCUT2D eigenvalue weighted by atomic mass is 10.0. The van der Waals surface area contributed by atoms with E-state index in [4.69, 9.17) is 4.52 Å². The molecule has 0 aliphatic carbocycles. The van der Waals surface area contributed by atoms with Gasteiger partial charge in [0.05, 0.1) is 5.56 Å². The lowest BCUT2D eigenvalue weighted by molar-refractivity contribution is -0.124. The minimum Gasteiger partial charge on any atom is -0.506 e. The fraction of sp³-hybridized carbons (Fsp3) is 0.174. The van der Waals surface area contributed by atoms with Crippen LogP contribution in [0.25, 0.3) is 22.2 Å². The molecule has 3 N–H and O–H groups in total. The highest BCUT2D eigenvalue weighted by Crippen LogP contribution is 2.31. The van der Waals surface area contributed by atoms with Gasteiger partial charge in [-0.25, -0.2) is 5.43 Å². The minimum atomic E-state index is -0.696. The van der Waals surface area contributed by atoms with Crippen LogP contribution < -0.4 is 10.9 Å². The largest absolute Gasteiger partial charge is 0.506 e. The van der Waals surface area contributed by atoms with Crippen molar-refractivity contribution in [1.82, 2.24) is 25.5 Å². The molecule has 1 fully saturated rings. The molecule has 10 heteroatoms. The number of hydrazine groups is 1. The van der Waals surface area contributed by atoms with Gasteiger partial charge in [-0.3, -0.25) is 20.0 Å². The Labute approximate surface area is 188 Å². The van der Waals surface area contributed by atoms with Crippen LogP contribution in [0.2, 0.25) is 0 Å². The number of phenols is 1. The number of benzene rings is 2. The molecule has 166 valence electrons. The van der Waals surface area contributed by atoms with Gasteiger partial charge in [0, 0.05) is 29.9 Å². The molecule has 2 aromatic carbocycles. The highest BCUT2D eigenvalue weighted by molar-refractivity contribution is 6.05. The Bertz CT molecular complexity index is 1320. The summed E-state index contributed by atoms with van der Waals surface area (Å²) in [6, 6.07) is 13.4. The summed E-state index contributed by atoms with van der Waals surface area (Å²) in [4.78, 5) is 35.6. The molecule has 0 bridgehead atoms. The smallest absolute Gasteiger partial charge is 0.340 e. The number of phenolic OH excluding ortho intramolecular Hbond substituents is 1. The molecule has 2 aromatic heterocycles. The van der Waals surface area contributed by atoms with Crippen LogP contribution in [-0.4, -0.2) is 49.5 Å². The van der Waals surface area contributed by atoms with Gasteiger partial charge in [-0.2, -0.15) is 4.98 Å². The van der Waals surface area contributed by atoms with Gasteiger partial charge in [-0.15, -0.1) is 0 Å². The molecule has 0 saturated carbocycles. The van der Waals surface area contributed by atoms with Crippen molar-refractivity contribution in [3.8, 4) is 17.1 Å². The second-order valence-corrected chi connectivity index (χ2v) is 7.61. The molecule has 1 saturated heterocycles. The number of anilines is 1. The zero-order valence-electron chi connectivity index (χ0n) is 17.4. The van der Waals surface area contributed by atoms with Crippen molar-refractivity contribution in [3.63, 3.8) is 0 Å². The maximum atomic E-state index is 13.2. The summed E-state index contributed by atoms with van der Waals surface area (Å²) in [5.74, 6) is -0.547. The van der Waals surface area contributed by atoms with Crippen molar-refractivity contribution in [2.45, 2.75) is 18.9 Å². The van der Waals surface area contributed by atoms with Crippen molar-refractivity contribution in [3.05, 3.63) is 66.5 Å². The Morgan fingerprint density at radius 3 is 2.76 bits per heavy atom. The zero-order chi connectivity index (χ0) is 22.8. The van der Waals surface area contributed by atoms with Crippen LogP contribution in [0.1, 0.15) is 23.2 Å². The first-order chi connectivity index (χ1) is 16.1. The molecular formula is C23H20N6O4. The average molecular weight is 444 g/mol. The predicted molar refractivity (Wildman–Crippen MR) is 119 cm³/mol. The summed E-state index contributed by atoms with van der Waals surface area (Å²) in [5, 5.41) is 15.9. The van der Waals surface area contributed by atoms with E-state index in [0.717, 1.165) is 10.9 Å². The molecule has 1 unspecified atom stereocenters. The molecule has 0 radical (unpaired) electrons. The van der Waals surface area contributed by atoms with Gasteiger partial charge in [-0.1, -0.05) is 35.5 Å². The number of hydrogen-bond acceptors (Lipinski definition) is 8. The van der Waals surface area contributed by atoms with Crippen LogP contribution in [0.3, 0.4) is 0 Å². The fourth-order valence-electron chi connectivity index (χ4n) is 3.96. The van der Waals surface area contributed by atoms with Crippen LogP contribution in [0, 0.1) is 0 Å². The van der Waals surface area contributed by atoms with Crippen molar-refractivity contribution in [2.75, 3.05) is 12.0 Å². The van der Waals surface area contributed by atoms with Crippen molar-refractivity contribution >= 4 is 28.6 Å². The lowest BCUT2D eigenvalue weighted by Crippen LogP contribution is -2.47. The van der Waals surface area contributed by atoms with Crippen LogP contribution in [0.5, 0.6) is 5.75 Å². The first kappa shape index (κ1) is 20.4. The van der Waals surface area contributed by atoms with Gasteiger partial charge in [0.1, 0.15) is 11.8 Å². The van der Waals surface area contributed by atoms with E-state index in [1.165, 1.54) is 4.90 Å². The summed E-state index contributed by atoms with van der Waals surface area (Å²) < 4.78 is 5.11. The van der Waals surface area contributed by atoms with E-state index in [1.54, 1.807) is 48.8 Å². The summed E-state index contributed by atoms with van der Waals surface area (Å²) in [5.41, 5.74) is 6.02. The molecule has 1 aliphatic heterocycles. The number of aromatic hydroxyl groups is 1. The van der Waals surface area contributed by atoms with E-state index in [9.17, 15) is 14.7 Å². The molecule has 1 atom stereocenters. The maximum Gasteiger partial charge on any atom is 0.340 e. The fourth-order valence-corrected chi connectivity index (χ4v) is 3.96. The monoisotopic (exact) mass is 444 g/mol. The van der Waals surface area contributed by atoms with Gasteiger partial charge in [0.15, 0.2) is 0 Å². The number of amides is 2. The van der Waals surface area contributed by atoms with Crippen molar-refractivity contribution in [1.29, 1.82) is 0 Å². The molecule has 10 nitrogen and oxygen atoms in total. The first-order valence-corrected chi connectivity index (χ1v) is 10.4. The van der Waals surface area contributed by atoms with Gasteiger partial charge >= 0.3 is 6.01 Å². The van der Waals surface area contributed by atoms with E-state index in [2.05, 4.69) is 26.0 Å². The standard InChI is InChI=1S/C23H20N6O4/c30-19-16-5-2-1-4-14(16)7-8-17(19)22(32)29-13-3-6-18(29)21(31)26-27-23-25-20(28-33-23)15-9-11-24-12-10-15/h1-2,4-5,7-12,18,30H,3,6,13H2,(H,26,31)(H,25,27,28). The van der Waals surface area contributed by atoms with E-state index in [-0.39, 0.29) is 17.3 Å². The molecule has 0 spiro atoms. The van der Waals surface area contributed by atoms with Crippen LogP contribution in [-0.2, 0) is 4.79 Å². The second kappa shape index (κ2) is 8.58. The number of pyridine rings is 1. The van der Waals surface area contributed by atoms with Crippen LogP contribution in [0.4, 0.5) is 6.01 Å². The number of nitrogens with zero attached hydrogens (tertiary/aromatic N) is 4. The molecule has 4 aromatic rings. The Morgan fingerprint density at radius 2 is 1.91 bits per heavy atom. The number of nitrogens with one attached hydrogen (secondary N) is 2. The lowest BCUT2D eigenvalue weighted by Gasteiger charge is -2.24. The van der Waals surface area contributed by atoms with E-state index in [0.29, 0.717) is 30.6 Å². The van der Waals surface area contributed by atoms with E-state index in [1.807, 2.05) is 12.1 Å². The summed E-state index contributed by atoms with van der Waals surface area (Å²) in [6.07, 6.45) is 4.39. The summed E-state index contributed by atoms with van der Waals surface area (Å²) in [6.45, 7) is 0.413. The third-order valence-corrected chi connectivity index (χ3v) is 5.60. The van der Waals surface area contributed by atoms with E-state index < -0.39 is 17.9 Å². The van der Waals surface area contributed by atoms with Gasteiger partial charge in [0.2, 0.25) is 5.82 Å². The van der Waals surface area contributed by atoms with Gasteiger partial charge < -0.3 is 14.5 Å². The second-order valence-electron chi connectivity index (χ2n) is 7.61. The number of carbonyl (C=O) groups excluding carboxylic acids is 2. The van der Waals surface area contributed by atoms with Crippen LogP contribution >= 0.6 is 0 Å². The SMILES string of the molecule is O=C(NNc1nc(-c2ccncc2)no1)C1CCCN1C(=O)c1ccc2ccccc2c1O. The third kappa shape index (κ3) is 3.93. The number of hydrogen-bond donors (Lipinski definition) is 3. The molecular weight excluding hydrogens is 424 g/mol. The first-order valence-electron chi connectivity index (χ1n) is 10.4. The van der Waals surface area contributed by atoms with Crippen molar-refractivity contribution < 1.29 is 19.2 Å². The average Bonchev–Trinajstić information content (AvgIpc) is 3.53. The normalized spacial score (nSPS) is 15.5.